The maximum absolute atomic E-state index is 10.6. The Morgan fingerprint density at radius 2 is 1.50 bits per heavy atom. The van der Waals surface area contributed by atoms with Crippen molar-refractivity contribution in [2.24, 2.45) is 5.73 Å². The lowest BCUT2D eigenvalue weighted by Gasteiger charge is -2.32. The molecule has 1 aliphatic heterocycles. The number of amides is 1. The second-order valence-electron chi connectivity index (χ2n) is 3.41. The molecule has 0 atom stereocenters. The highest BCUT2D eigenvalue weighted by Crippen LogP contribution is 2.00. The largest absolute Gasteiger partial charge is 0.480 e. The van der Waals surface area contributed by atoms with Gasteiger partial charge in [-0.25, -0.2) is 0 Å². The van der Waals surface area contributed by atoms with Gasteiger partial charge in [0.25, 0.3) is 0 Å². The van der Waals surface area contributed by atoms with Crippen molar-refractivity contribution in [1.82, 2.24) is 9.80 Å². The normalized spacial score (nSPS) is 19.4. The van der Waals surface area contributed by atoms with E-state index in [2.05, 4.69) is 0 Å². The van der Waals surface area contributed by atoms with E-state index < -0.39 is 5.97 Å². The number of carboxylic acids is 1. The highest BCUT2D eigenvalue weighted by molar-refractivity contribution is 5.75. The Balaban J connectivity index is 2.24. The summed E-state index contributed by atoms with van der Waals surface area (Å²) >= 11 is 0. The first-order chi connectivity index (χ1) is 6.58. The van der Waals surface area contributed by atoms with Crippen LogP contribution in [0.25, 0.3) is 0 Å². The van der Waals surface area contributed by atoms with Gasteiger partial charge < -0.3 is 10.8 Å². The number of hydrogen-bond donors (Lipinski definition) is 2. The summed E-state index contributed by atoms with van der Waals surface area (Å²) in [5.74, 6) is -1.15. The van der Waals surface area contributed by atoms with Crippen LogP contribution in [0.3, 0.4) is 0 Å². The summed E-state index contributed by atoms with van der Waals surface area (Å²) in [6, 6.07) is 0. The number of hydrogen-bond acceptors (Lipinski definition) is 4. The molecular weight excluding hydrogens is 186 g/mol. The van der Waals surface area contributed by atoms with Crippen molar-refractivity contribution in [2.75, 3.05) is 39.3 Å². The van der Waals surface area contributed by atoms with Crippen molar-refractivity contribution < 1.29 is 14.7 Å². The summed E-state index contributed by atoms with van der Waals surface area (Å²) < 4.78 is 0. The number of nitrogens with two attached hydrogens (primary N) is 1. The highest BCUT2D eigenvalue weighted by atomic mass is 16.4. The molecule has 6 nitrogen and oxygen atoms in total. The van der Waals surface area contributed by atoms with Gasteiger partial charge in [-0.3, -0.25) is 19.4 Å². The summed E-state index contributed by atoms with van der Waals surface area (Å²) in [4.78, 5) is 24.8. The molecule has 14 heavy (non-hydrogen) atoms. The molecule has 3 N–H and O–H groups in total. The fourth-order valence-electron chi connectivity index (χ4n) is 1.52. The molecule has 0 radical (unpaired) electrons. The number of carbonyl (C=O) groups is 2. The van der Waals surface area contributed by atoms with Gasteiger partial charge in [0, 0.05) is 26.2 Å². The minimum Gasteiger partial charge on any atom is -0.480 e. The van der Waals surface area contributed by atoms with E-state index in [4.69, 9.17) is 10.8 Å². The molecule has 1 rings (SSSR count). The first-order valence-electron chi connectivity index (χ1n) is 4.53. The van der Waals surface area contributed by atoms with Crippen molar-refractivity contribution in [1.29, 1.82) is 0 Å². The van der Waals surface area contributed by atoms with Crippen molar-refractivity contribution in [3.63, 3.8) is 0 Å². The summed E-state index contributed by atoms with van der Waals surface area (Å²) in [6.45, 7) is 3.11. The van der Waals surface area contributed by atoms with Gasteiger partial charge in [-0.05, 0) is 0 Å². The Morgan fingerprint density at radius 3 is 1.86 bits per heavy atom. The molecule has 0 aromatic rings. The van der Waals surface area contributed by atoms with Gasteiger partial charge in [-0.2, -0.15) is 0 Å². The number of rotatable bonds is 4. The zero-order valence-electron chi connectivity index (χ0n) is 7.98. The Hall–Kier alpha value is -1.14. The molecule has 0 bridgehead atoms. The predicted octanol–water partition coefficient (Wildman–Crippen LogP) is -1.83. The Morgan fingerprint density at radius 1 is 1.07 bits per heavy atom. The average Bonchev–Trinajstić information content (AvgIpc) is 2.06. The molecule has 1 saturated heterocycles. The summed E-state index contributed by atoms with van der Waals surface area (Å²) in [7, 11) is 0. The molecular formula is C8H15N3O3. The third-order valence-electron chi connectivity index (χ3n) is 2.20. The summed E-state index contributed by atoms with van der Waals surface area (Å²) in [5.41, 5.74) is 5.05. The van der Waals surface area contributed by atoms with E-state index in [-0.39, 0.29) is 19.0 Å². The minimum atomic E-state index is -0.812. The van der Waals surface area contributed by atoms with Crippen LogP contribution in [-0.2, 0) is 9.59 Å². The van der Waals surface area contributed by atoms with Crippen LogP contribution in [-0.4, -0.2) is 66.1 Å². The SMILES string of the molecule is NC(=O)CN1CCN(CC(=O)O)CC1. The van der Waals surface area contributed by atoms with Crippen LogP contribution in [0.15, 0.2) is 0 Å². The topological polar surface area (TPSA) is 86.9 Å². The first kappa shape index (κ1) is 10.9. The maximum atomic E-state index is 10.6. The van der Waals surface area contributed by atoms with E-state index in [1.54, 1.807) is 0 Å². The molecule has 6 heteroatoms. The number of primary amides is 1. The van der Waals surface area contributed by atoms with Gasteiger partial charge in [0.15, 0.2) is 0 Å². The van der Waals surface area contributed by atoms with Crippen LogP contribution in [0.2, 0.25) is 0 Å². The molecule has 0 saturated carbocycles. The third kappa shape index (κ3) is 3.71. The van der Waals surface area contributed by atoms with Crippen LogP contribution in [0.1, 0.15) is 0 Å². The quantitative estimate of drug-likeness (QED) is 0.559. The van der Waals surface area contributed by atoms with Crippen molar-refractivity contribution in [3.8, 4) is 0 Å². The fraction of sp³-hybridized carbons (Fsp3) is 0.750. The lowest BCUT2D eigenvalue weighted by molar-refractivity contribution is -0.139. The van der Waals surface area contributed by atoms with E-state index in [0.29, 0.717) is 26.2 Å². The third-order valence-corrected chi connectivity index (χ3v) is 2.20. The monoisotopic (exact) mass is 201 g/mol. The number of carbonyl (C=O) groups excluding carboxylic acids is 1. The maximum Gasteiger partial charge on any atom is 0.317 e. The van der Waals surface area contributed by atoms with Gasteiger partial charge in [-0.15, -0.1) is 0 Å². The molecule has 0 aromatic carbocycles. The second kappa shape index (κ2) is 4.92. The van der Waals surface area contributed by atoms with Crippen LogP contribution in [0.5, 0.6) is 0 Å². The highest BCUT2D eigenvalue weighted by Gasteiger charge is 2.19. The van der Waals surface area contributed by atoms with E-state index >= 15 is 0 Å². The molecule has 0 unspecified atom stereocenters. The average molecular weight is 201 g/mol. The van der Waals surface area contributed by atoms with E-state index in [9.17, 15) is 9.59 Å². The van der Waals surface area contributed by atoms with Gasteiger partial charge in [0.2, 0.25) is 5.91 Å². The van der Waals surface area contributed by atoms with Crippen LogP contribution < -0.4 is 5.73 Å². The van der Waals surface area contributed by atoms with Gasteiger partial charge >= 0.3 is 5.97 Å². The summed E-state index contributed by atoms with van der Waals surface area (Å²) in [6.07, 6.45) is 0. The standard InChI is InChI=1S/C8H15N3O3/c9-7(12)5-10-1-3-11(4-2-10)6-8(13)14/h1-6H2,(H2,9,12)(H,13,14). The number of nitrogens with zero attached hydrogens (tertiary/aromatic N) is 2. The molecule has 1 aliphatic rings. The molecule has 0 aliphatic carbocycles. The second-order valence-corrected chi connectivity index (χ2v) is 3.41. The number of piperazine rings is 1. The zero-order chi connectivity index (χ0) is 10.6. The molecule has 1 amide bonds. The van der Waals surface area contributed by atoms with E-state index in [0.717, 1.165) is 0 Å². The van der Waals surface area contributed by atoms with Crippen LogP contribution >= 0.6 is 0 Å². The van der Waals surface area contributed by atoms with Crippen LogP contribution in [0, 0.1) is 0 Å². The van der Waals surface area contributed by atoms with Crippen molar-refractivity contribution in [3.05, 3.63) is 0 Å². The molecule has 80 valence electrons. The van der Waals surface area contributed by atoms with E-state index in [1.807, 2.05) is 9.80 Å². The lowest BCUT2D eigenvalue weighted by Crippen LogP contribution is -2.49. The molecule has 0 aromatic heterocycles. The van der Waals surface area contributed by atoms with E-state index in [1.165, 1.54) is 0 Å². The zero-order valence-corrected chi connectivity index (χ0v) is 7.98. The van der Waals surface area contributed by atoms with Gasteiger partial charge in [0.05, 0.1) is 13.1 Å². The van der Waals surface area contributed by atoms with Crippen LogP contribution in [0.4, 0.5) is 0 Å². The molecule has 1 fully saturated rings. The summed E-state index contributed by atoms with van der Waals surface area (Å²) in [5, 5.41) is 8.55. The van der Waals surface area contributed by atoms with Gasteiger partial charge in [-0.1, -0.05) is 0 Å². The molecule has 1 heterocycles. The minimum absolute atomic E-state index is 0.0738. The lowest BCUT2D eigenvalue weighted by atomic mass is 10.3. The Labute approximate surface area is 82.3 Å². The van der Waals surface area contributed by atoms with Crippen molar-refractivity contribution in [2.45, 2.75) is 0 Å². The predicted molar refractivity (Wildman–Crippen MR) is 49.7 cm³/mol. The Kier molecular flexibility index (Phi) is 3.84. The number of carboxylic acid groups (broad SMARTS) is 1. The molecule has 0 spiro atoms. The fourth-order valence-corrected chi connectivity index (χ4v) is 1.52. The Bertz CT molecular complexity index is 200. The first-order valence-corrected chi connectivity index (χ1v) is 4.53. The number of aliphatic carboxylic acids is 1. The van der Waals surface area contributed by atoms with Gasteiger partial charge in [0.1, 0.15) is 0 Å². The smallest absolute Gasteiger partial charge is 0.317 e. The van der Waals surface area contributed by atoms with Crippen molar-refractivity contribution >= 4 is 11.9 Å².